The van der Waals surface area contributed by atoms with Crippen molar-refractivity contribution in [1.82, 2.24) is 25.6 Å². The van der Waals surface area contributed by atoms with Crippen molar-refractivity contribution in [1.29, 1.82) is 0 Å². The number of aliphatic imine (C=N–C) groups is 2. The molecule has 11 nitrogen and oxygen atoms in total. The number of nitrogens with one attached hydrogen (secondary N) is 1. The maximum atomic E-state index is 14.7. The van der Waals surface area contributed by atoms with E-state index < -0.39 is 11.6 Å². The van der Waals surface area contributed by atoms with Gasteiger partial charge in [0.15, 0.2) is 0 Å². The second-order valence-electron chi connectivity index (χ2n) is 10.2. The number of aromatic nitrogens is 4. The van der Waals surface area contributed by atoms with Gasteiger partial charge in [-0.1, -0.05) is 24.2 Å². The minimum Gasteiger partial charge on any atom is -0.493 e. The summed E-state index contributed by atoms with van der Waals surface area (Å²) in [5.41, 5.74) is 0.252. The smallest absolute Gasteiger partial charge is 0.252 e. The highest BCUT2D eigenvalue weighted by Gasteiger charge is 2.20. The summed E-state index contributed by atoms with van der Waals surface area (Å²) in [6, 6.07) is 2.24. The topological polar surface area (TPSA) is 133 Å². The van der Waals surface area contributed by atoms with Crippen LogP contribution in [0.2, 0.25) is 0 Å². The van der Waals surface area contributed by atoms with Crippen LogP contribution in [0.3, 0.4) is 0 Å². The molecule has 2 heterocycles. The number of nitrogens with zero attached hydrogens (tertiary/aromatic N) is 6. The van der Waals surface area contributed by atoms with Gasteiger partial charge in [-0.3, -0.25) is 9.98 Å². The van der Waals surface area contributed by atoms with E-state index in [0.717, 1.165) is 37.9 Å². The molecule has 0 radical (unpaired) electrons. The Balaban J connectivity index is 1.50. The molecule has 0 saturated carbocycles. The molecule has 0 saturated heterocycles. The highest BCUT2D eigenvalue weighted by atomic mass is 19.1. The summed E-state index contributed by atoms with van der Waals surface area (Å²) in [5, 5.41) is 10.9. The van der Waals surface area contributed by atoms with Crippen LogP contribution >= 0.6 is 0 Å². The molecule has 0 aliphatic rings. The Kier molecular flexibility index (Phi) is 13.4. The molecule has 1 atom stereocenters. The zero-order chi connectivity index (χ0) is 30.3. The molecule has 3 rings (SSSR count). The summed E-state index contributed by atoms with van der Waals surface area (Å²) in [5.74, 6) is 0.141. The van der Waals surface area contributed by atoms with E-state index in [1.54, 1.807) is 12.4 Å². The molecule has 0 aliphatic carbocycles. The van der Waals surface area contributed by atoms with E-state index in [4.69, 9.17) is 18.5 Å². The number of rotatable bonds is 19. The average molecular weight is 588 g/mol. The molecule has 2 aromatic heterocycles. The van der Waals surface area contributed by atoms with Crippen molar-refractivity contribution in [3.05, 3.63) is 47.6 Å². The van der Waals surface area contributed by atoms with Gasteiger partial charge in [-0.2, -0.15) is 9.97 Å². The molecule has 42 heavy (non-hydrogen) atoms. The second kappa shape index (κ2) is 17.2. The Morgan fingerprint density at radius 2 is 1.86 bits per heavy atom. The summed E-state index contributed by atoms with van der Waals surface area (Å²) >= 11 is 0. The fraction of sp³-hybridized carbons (Fsp3) is 0.517. The van der Waals surface area contributed by atoms with Gasteiger partial charge in [-0.25, -0.2) is 8.78 Å². The Hall–Kier alpha value is -3.84. The van der Waals surface area contributed by atoms with Crippen LogP contribution in [-0.2, 0) is 17.8 Å². The van der Waals surface area contributed by atoms with E-state index in [-0.39, 0.29) is 29.6 Å². The summed E-state index contributed by atoms with van der Waals surface area (Å²) in [7, 11) is 3.36. The van der Waals surface area contributed by atoms with Crippen LogP contribution in [0.15, 0.2) is 37.4 Å². The first-order valence-corrected chi connectivity index (χ1v) is 13.9. The first kappa shape index (κ1) is 32.7. The largest absolute Gasteiger partial charge is 0.493 e. The van der Waals surface area contributed by atoms with Crippen molar-refractivity contribution < 1.29 is 27.3 Å². The number of hydrogen-bond acceptors (Lipinski definition) is 11. The molecule has 3 aromatic rings. The van der Waals surface area contributed by atoms with Crippen LogP contribution in [0.1, 0.15) is 57.1 Å². The molecule has 0 amide bonds. The van der Waals surface area contributed by atoms with Gasteiger partial charge in [0, 0.05) is 44.6 Å². The van der Waals surface area contributed by atoms with Crippen molar-refractivity contribution in [2.45, 2.75) is 52.6 Å². The quantitative estimate of drug-likeness (QED) is 0.146. The maximum Gasteiger partial charge on any atom is 0.252 e. The van der Waals surface area contributed by atoms with E-state index in [9.17, 15) is 8.78 Å². The molecular weight excluding hydrogens is 548 g/mol. The van der Waals surface area contributed by atoms with E-state index in [0.29, 0.717) is 55.1 Å². The van der Waals surface area contributed by atoms with Gasteiger partial charge in [-0.15, -0.1) is 0 Å². The molecular formula is C29H39F2N7O4. The van der Waals surface area contributed by atoms with Crippen LogP contribution in [0, 0.1) is 23.5 Å². The minimum atomic E-state index is -0.837. The van der Waals surface area contributed by atoms with Crippen molar-refractivity contribution in [3.63, 3.8) is 0 Å². The Morgan fingerprint density at radius 3 is 2.55 bits per heavy atom. The van der Waals surface area contributed by atoms with Gasteiger partial charge in [0.05, 0.1) is 17.7 Å². The number of hydrogen-bond donors (Lipinski definition) is 1. The molecule has 1 aromatic carbocycles. The average Bonchev–Trinajstić information content (AvgIpc) is 3.60. The number of halogens is 2. The van der Waals surface area contributed by atoms with Crippen molar-refractivity contribution in [3.8, 4) is 17.1 Å². The van der Waals surface area contributed by atoms with Crippen LogP contribution in [-0.4, -0.2) is 67.1 Å². The van der Waals surface area contributed by atoms with Crippen LogP contribution in [0.25, 0.3) is 17.0 Å². The van der Waals surface area contributed by atoms with Crippen LogP contribution in [0.5, 0.6) is 5.75 Å². The Morgan fingerprint density at radius 1 is 1.10 bits per heavy atom. The molecule has 1 N–H and O–H groups in total. The van der Waals surface area contributed by atoms with Gasteiger partial charge in [0.25, 0.3) is 5.89 Å². The molecule has 0 bridgehead atoms. The summed E-state index contributed by atoms with van der Waals surface area (Å²) < 4.78 is 50.2. The lowest BCUT2D eigenvalue weighted by atomic mass is 9.96. The fourth-order valence-electron chi connectivity index (χ4n) is 4.20. The molecule has 0 spiro atoms. The maximum absolute atomic E-state index is 14.7. The number of allylic oxidation sites excluding steroid dienone is 1. The second-order valence-corrected chi connectivity index (χ2v) is 10.2. The van der Waals surface area contributed by atoms with Crippen molar-refractivity contribution >= 4 is 18.5 Å². The van der Waals surface area contributed by atoms with Gasteiger partial charge in [0.2, 0.25) is 17.5 Å². The summed E-state index contributed by atoms with van der Waals surface area (Å²) in [6.45, 7) is 9.50. The minimum absolute atomic E-state index is 0.0452. The van der Waals surface area contributed by atoms with Crippen LogP contribution in [0.4, 0.5) is 8.78 Å². The summed E-state index contributed by atoms with van der Waals surface area (Å²) in [6.07, 6.45) is 7.33. The third kappa shape index (κ3) is 10.2. The molecule has 0 aliphatic heterocycles. The van der Waals surface area contributed by atoms with Crippen molar-refractivity contribution in [2.24, 2.45) is 21.8 Å². The zero-order valence-electron chi connectivity index (χ0n) is 24.6. The Bertz CT molecular complexity index is 1300. The van der Waals surface area contributed by atoms with Gasteiger partial charge >= 0.3 is 0 Å². The highest BCUT2D eigenvalue weighted by molar-refractivity contribution is 6.08. The SMILES string of the molecule is C=N/C=C(\C=N/CCC(CCCOc1cc(F)c(-c2noc(COC)n2)c(F)c1)CCNC)c1noc(CC(C)C)n1. The lowest BCUT2D eigenvalue weighted by molar-refractivity contribution is 0.151. The van der Waals surface area contributed by atoms with Gasteiger partial charge < -0.3 is 23.8 Å². The molecule has 228 valence electrons. The number of ether oxygens (including phenoxy) is 2. The highest BCUT2D eigenvalue weighted by Crippen LogP contribution is 2.28. The normalized spacial score (nSPS) is 12.9. The van der Waals surface area contributed by atoms with Crippen molar-refractivity contribution in [2.75, 3.05) is 33.9 Å². The van der Waals surface area contributed by atoms with Crippen LogP contribution < -0.4 is 10.1 Å². The molecule has 0 fully saturated rings. The summed E-state index contributed by atoms with van der Waals surface area (Å²) in [4.78, 5) is 16.8. The molecule has 13 heteroatoms. The third-order valence-electron chi connectivity index (χ3n) is 6.24. The third-order valence-corrected chi connectivity index (χ3v) is 6.24. The Labute approximate surface area is 244 Å². The van der Waals surface area contributed by atoms with Gasteiger partial charge in [0.1, 0.15) is 24.0 Å². The monoisotopic (exact) mass is 587 g/mol. The fourth-order valence-corrected chi connectivity index (χ4v) is 4.20. The molecule has 1 unspecified atom stereocenters. The first-order chi connectivity index (χ1) is 20.3. The standard InChI is InChI=1S/C29H39F2N7O4/c1-19(2)13-25-35-28(37-41-25)21(16-33-4)17-34-11-9-20(8-10-32-3)7-6-12-40-22-14-23(30)27(24(31)15-22)29-36-26(18-39-5)42-38-29/h14-17,19-20,32H,4,6-13,18H2,1-3,5H3/b21-16+,34-17-. The predicted molar refractivity (Wildman–Crippen MR) is 155 cm³/mol. The first-order valence-electron chi connectivity index (χ1n) is 13.9. The van der Waals surface area contributed by atoms with Gasteiger partial charge in [-0.05, 0) is 57.8 Å². The lowest BCUT2D eigenvalue weighted by Crippen LogP contribution is -2.15. The van der Waals surface area contributed by atoms with E-state index in [1.807, 2.05) is 7.05 Å². The number of benzene rings is 1. The lowest BCUT2D eigenvalue weighted by Gasteiger charge is -2.16. The zero-order valence-corrected chi connectivity index (χ0v) is 24.6. The van der Waals surface area contributed by atoms with E-state index >= 15 is 0 Å². The van der Waals surface area contributed by atoms with E-state index in [2.05, 4.69) is 56.1 Å². The van der Waals surface area contributed by atoms with E-state index in [1.165, 1.54) is 7.11 Å². The number of methoxy groups -OCH3 is 1. The predicted octanol–water partition coefficient (Wildman–Crippen LogP) is 5.33.